The zero-order valence-electron chi connectivity index (χ0n) is 9.08. The summed E-state index contributed by atoms with van der Waals surface area (Å²) in [5.74, 6) is 0. The van der Waals surface area contributed by atoms with Gasteiger partial charge < -0.3 is 5.11 Å². The van der Waals surface area contributed by atoms with E-state index in [4.69, 9.17) is 10.6 Å². The van der Waals surface area contributed by atoms with Gasteiger partial charge in [0.05, 0.1) is 0 Å². The lowest BCUT2D eigenvalue weighted by atomic mass is 10.1. The van der Waals surface area contributed by atoms with E-state index in [0.29, 0.717) is 13.0 Å². The van der Waals surface area contributed by atoms with Crippen molar-refractivity contribution in [1.29, 1.82) is 0 Å². The van der Waals surface area contributed by atoms with Crippen molar-refractivity contribution in [3.8, 4) is 0 Å². The third-order valence-corrected chi connectivity index (χ3v) is 2.12. The predicted molar refractivity (Wildman–Crippen MR) is 64.9 cm³/mol. The molecule has 0 unspecified atom stereocenters. The molecule has 0 aliphatic heterocycles. The molecule has 0 fully saturated rings. The van der Waals surface area contributed by atoms with Gasteiger partial charge in [0.25, 0.3) is 0 Å². The summed E-state index contributed by atoms with van der Waals surface area (Å²) in [5.41, 5.74) is 10.3. The fraction of sp³-hybridized carbons (Fsp3) is 0.333. The molecule has 4 heteroatoms. The number of aliphatic hydroxyl groups is 1. The lowest BCUT2D eigenvalue weighted by Crippen LogP contribution is -1.90. The second-order valence-electron chi connectivity index (χ2n) is 3.36. The van der Waals surface area contributed by atoms with Crippen LogP contribution in [0.1, 0.15) is 17.5 Å². The Balaban J connectivity index is 2.52. The molecule has 1 aromatic carbocycles. The van der Waals surface area contributed by atoms with Crippen molar-refractivity contribution in [3.63, 3.8) is 0 Å². The van der Waals surface area contributed by atoms with Crippen LogP contribution in [0.3, 0.4) is 0 Å². The Labute approximate surface area is 94.9 Å². The van der Waals surface area contributed by atoms with Gasteiger partial charge in [-0.25, -0.2) is 0 Å². The summed E-state index contributed by atoms with van der Waals surface area (Å²) >= 11 is 0. The lowest BCUT2D eigenvalue weighted by Gasteiger charge is -1.99. The van der Waals surface area contributed by atoms with Gasteiger partial charge in [-0.1, -0.05) is 41.5 Å². The molecule has 0 aliphatic rings. The average molecular weight is 217 g/mol. The number of rotatable bonds is 6. The molecule has 0 saturated heterocycles. The molecule has 0 atom stereocenters. The molecule has 0 radical (unpaired) electrons. The minimum absolute atomic E-state index is 0.171. The summed E-state index contributed by atoms with van der Waals surface area (Å²) in [5, 5.41) is 12.3. The number of benzene rings is 1. The van der Waals surface area contributed by atoms with Gasteiger partial charge in [-0.3, -0.25) is 0 Å². The Morgan fingerprint density at radius 1 is 1.44 bits per heavy atom. The standard InChI is InChI=1S/C12H15N3O/c13-15-14-8-2-1-4-11-5-3-6-12(10-11)7-9-16/h1,3-6,10,16H,2,7-9H2. The van der Waals surface area contributed by atoms with Crippen molar-refractivity contribution >= 4 is 6.08 Å². The van der Waals surface area contributed by atoms with E-state index in [9.17, 15) is 0 Å². The van der Waals surface area contributed by atoms with Crippen LogP contribution in [-0.4, -0.2) is 18.3 Å². The van der Waals surface area contributed by atoms with E-state index in [-0.39, 0.29) is 6.61 Å². The first-order valence-corrected chi connectivity index (χ1v) is 5.24. The van der Waals surface area contributed by atoms with Crippen LogP contribution in [0.25, 0.3) is 16.5 Å². The first-order chi connectivity index (χ1) is 7.86. The lowest BCUT2D eigenvalue weighted by molar-refractivity contribution is 0.299. The highest BCUT2D eigenvalue weighted by Crippen LogP contribution is 2.08. The molecule has 0 amide bonds. The molecule has 4 nitrogen and oxygen atoms in total. The zero-order chi connectivity index (χ0) is 11.6. The Bertz CT molecular complexity index is 395. The topological polar surface area (TPSA) is 69.0 Å². The van der Waals surface area contributed by atoms with E-state index in [0.717, 1.165) is 17.5 Å². The Morgan fingerprint density at radius 2 is 2.31 bits per heavy atom. The fourth-order valence-electron chi connectivity index (χ4n) is 1.38. The van der Waals surface area contributed by atoms with Crippen molar-refractivity contribution in [3.05, 3.63) is 51.9 Å². The van der Waals surface area contributed by atoms with Gasteiger partial charge in [-0.2, -0.15) is 0 Å². The van der Waals surface area contributed by atoms with Crippen LogP contribution in [0.5, 0.6) is 0 Å². The number of nitrogens with zero attached hydrogens (tertiary/aromatic N) is 3. The average Bonchev–Trinajstić information content (AvgIpc) is 2.30. The van der Waals surface area contributed by atoms with Crippen LogP contribution in [0, 0.1) is 0 Å². The first kappa shape index (κ1) is 12.3. The summed E-state index contributed by atoms with van der Waals surface area (Å²) in [6, 6.07) is 8.01. The van der Waals surface area contributed by atoms with Gasteiger partial charge in [0, 0.05) is 18.1 Å². The largest absolute Gasteiger partial charge is 0.396 e. The van der Waals surface area contributed by atoms with Crippen LogP contribution < -0.4 is 0 Å². The zero-order valence-corrected chi connectivity index (χ0v) is 9.08. The molecule has 1 N–H and O–H groups in total. The first-order valence-electron chi connectivity index (χ1n) is 5.24. The molecular formula is C12H15N3O. The van der Waals surface area contributed by atoms with E-state index in [2.05, 4.69) is 10.0 Å². The highest BCUT2D eigenvalue weighted by atomic mass is 16.2. The van der Waals surface area contributed by atoms with Crippen LogP contribution in [0.4, 0.5) is 0 Å². The summed E-state index contributed by atoms with van der Waals surface area (Å²) in [6.45, 7) is 0.660. The summed E-state index contributed by atoms with van der Waals surface area (Å²) < 4.78 is 0. The maximum atomic E-state index is 8.82. The molecule has 0 bridgehead atoms. The van der Waals surface area contributed by atoms with Gasteiger partial charge in [0.2, 0.25) is 0 Å². The monoisotopic (exact) mass is 217 g/mol. The highest BCUT2D eigenvalue weighted by Gasteiger charge is 1.92. The van der Waals surface area contributed by atoms with Crippen LogP contribution in [0.15, 0.2) is 35.5 Å². The predicted octanol–water partition coefficient (Wildman–Crippen LogP) is 2.94. The Morgan fingerprint density at radius 3 is 3.06 bits per heavy atom. The van der Waals surface area contributed by atoms with Crippen molar-refractivity contribution in [1.82, 2.24) is 0 Å². The van der Waals surface area contributed by atoms with Crippen LogP contribution >= 0.6 is 0 Å². The minimum atomic E-state index is 0.171. The maximum absolute atomic E-state index is 8.82. The van der Waals surface area contributed by atoms with E-state index >= 15 is 0 Å². The number of aliphatic hydroxyl groups excluding tert-OH is 1. The number of hydrogen-bond donors (Lipinski definition) is 1. The molecule has 16 heavy (non-hydrogen) atoms. The molecule has 84 valence electrons. The number of azide groups is 1. The third kappa shape index (κ3) is 4.64. The van der Waals surface area contributed by atoms with Crippen LogP contribution in [-0.2, 0) is 6.42 Å². The Kier molecular flexibility index (Phi) is 5.78. The number of hydrogen-bond acceptors (Lipinski definition) is 2. The van der Waals surface area contributed by atoms with Gasteiger partial charge in [-0.05, 0) is 29.5 Å². The smallest absolute Gasteiger partial charge is 0.0471 e. The van der Waals surface area contributed by atoms with E-state index < -0.39 is 0 Å². The second kappa shape index (κ2) is 7.51. The molecule has 0 spiro atoms. The quantitative estimate of drug-likeness (QED) is 0.338. The molecule has 0 aromatic heterocycles. The van der Waals surface area contributed by atoms with E-state index in [1.54, 1.807) is 0 Å². The highest BCUT2D eigenvalue weighted by molar-refractivity contribution is 5.50. The normalized spacial score (nSPS) is 10.3. The summed E-state index contributed by atoms with van der Waals surface area (Å²) in [7, 11) is 0. The van der Waals surface area contributed by atoms with Gasteiger partial charge >= 0.3 is 0 Å². The third-order valence-electron chi connectivity index (χ3n) is 2.12. The summed E-state index contributed by atoms with van der Waals surface area (Å²) in [6.07, 6.45) is 5.40. The fourth-order valence-corrected chi connectivity index (χ4v) is 1.38. The Hall–Kier alpha value is -1.77. The van der Waals surface area contributed by atoms with Crippen molar-refractivity contribution in [2.24, 2.45) is 5.11 Å². The van der Waals surface area contributed by atoms with Crippen LogP contribution in [0.2, 0.25) is 0 Å². The van der Waals surface area contributed by atoms with Crippen molar-refractivity contribution < 1.29 is 5.11 Å². The van der Waals surface area contributed by atoms with Gasteiger partial charge in [0.1, 0.15) is 0 Å². The summed E-state index contributed by atoms with van der Waals surface area (Å²) in [4.78, 5) is 2.68. The SMILES string of the molecule is [N-]=[N+]=NCCC=Cc1cccc(CCO)c1. The van der Waals surface area contributed by atoms with Crippen molar-refractivity contribution in [2.45, 2.75) is 12.8 Å². The molecular weight excluding hydrogens is 202 g/mol. The van der Waals surface area contributed by atoms with E-state index in [1.165, 1.54) is 0 Å². The molecule has 0 heterocycles. The van der Waals surface area contributed by atoms with Gasteiger partial charge in [-0.15, -0.1) is 0 Å². The maximum Gasteiger partial charge on any atom is 0.0471 e. The molecule has 1 rings (SSSR count). The van der Waals surface area contributed by atoms with Crippen molar-refractivity contribution in [2.75, 3.05) is 13.2 Å². The van der Waals surface area contributed by atoms with Gasteiger partial charge in [0.15, 0.2) is 0 Å². The molecule has 0 aliphatic carbocycles. The van der Waals surface area contributed by atoms with E-state index in [1.807, 2.05) is 36.4 Å². The second-order valence-corrected chi connectivity index (χ2v) is 3.36. The molecule has 0 saturated carbocycles. The minimum Gasteiger partial charge on any atom is -0.396 e. The molecule has 1 aromatic rings.